The lowest BCUT2D eigenvalue weighted by atomic mass is 10.2. The Morgan fingerprint density at radius 3 is 2.69 bits per heavy atom. The minimum absolute atomic E-state index is 0.0346. The Bertz CT molecular complexity index is 936. The standard InChI is InChI=1S/C18H14N2O6/c1-24-15-8-7-13(9-14(15)20(22)23)18(21)25-11-17-19-10-16(26-17)12-5-3-2-4-6-12/h2-10H,11H2,1H3. The third-order valence-corrected chi connectivity index (χ3v) is 3.55. The summed E-state index contributed by atoms with van der Waals surface area (Å²) in [6, 6.07) is 13.2. The van der Waals surface area contributed by atoms with E-state index in [-0.39, 0.29) is 29.5 Å². The lowest BCUT2D eigenvalue weighted by molar-refractivity contribution is -0.385. The number of carbonyl (C=O) groups excluding carboxylic acids is 1. The van der Waals surface area contributed by atoms with Crippen LogP contribution in [0.25, 0.3) is 11.3 Å². The Morgan fingerprint density at radius 1 is 1.23 bits per heavy atom. The summed E-state index contributed by atoms with van der Waals surface area (Å²) in [4.78, 5) is 26.6. The van der Waals surface area contributed by atoms with Crippen molar-refractivity contribution in [1.82, 2.24) is 4.98 Å². The number of benzene rings is 2. The van der Waals surface area contributed by atoms with Gasteiger partial charge in [-0.15, -0.1) is 0 Å². The molecular formula is C18H14N2O6. The number of nitro groups is 1. The number of hydrogen-bond donors (Lipinski definition) is 0. The number of rotatable bonds is 6. The Kier molecular flexibility index (Phi) is 4.93. The minimum Gasteiger partial charge on any atom is -0.490 e. The molecule has 0 aliphatic carbocycles. The molecule has 0 saturated carbocycles. The summed E-state index contributed by atoms with van der Waals surface area (Å²) in [5.74, 6) is 0.110. The number of aromatic nitrogens is 1. The van der Waals surface area contributed by atoms with Crippen molar-refractivity contribution in [2.45, 2.75) is 6.61 Å². The van der Waals surface area contributed by atoms with Gasteiger partial charge in [0.15, 0.2) is 18.1 Å². The van der Waals surface area contributed by atoms with E-state index in [2.05, 4.69) is 4.98 Å². The topological polar surface area (TPSA) is 105 Å². The molecule has 0 aliphatic heterocycles. The highest BCUT2D eigenvalue weighted by Crippen LogP contribution is 2.28. The van der Waals surface area contributed by atoms with Gasteiger partial charge in [-0.3, -0.25) is 10.1 Å². The van der Waals surface area contributed by atoms with E-state index in [0.717, 1.165) is 11.6 Å². The summed E-state index contributed by atoms with van der Waals surface area (Å²) in [7, 11) is 1.31. The van der Waals surface area contributed by atoms with Gasteiger partial charge in [0.25, 0.3) is 0 Å². The molecule has 0 aliphatic rings. The lowest BCUT2D eigenvalue weighted by Crippen LogP contribution is -2.06. The Morgan fingerprint density at radius 2 is 2.00 bits per heavy atom. The van der Waals surface area contributed by atoms with Crippen LogP contribution in [0.2, 0.25) is 0 Å². The van der Waals surface area contributed by atoms with Crippen molar-refractivity contribution in [3.8, 4) is 17.1 Å². The summed E-state index contributed by atoms with van der Waals surface area (Å²) >= 11 is 0. The lowest BCUT2D eigenvalue weighted by Gasteiger charge is -2.05. The molecule has 8 heteroatoms. The van der Waals surface area contributed by atoms with Crippen LogP contribution >= 0.6 is 0 Å². The van der Waals surface area contributed by atoms with E-state index >= 15 is 0 Å². The van der Waals surface area contributed by atoms with Gasteiger partial charge < -0.3 is 13.9 Å². The fourth-order valence-corrected chi connectivity index (χ4v) is 2.28. The van der Waals surface area contributed by atoms with Gasteiger partial charge in [-0.25, -0.2) is 9.78 Å². The molecule has 8 nitrogen and oxygen atoms in total. The zero-order valence-corrected chi connectivity index (χ0v) is 13.7. The van der Waals surface area contributed by atoms with Crippen molar-refractivity contribution < 1.29 is 23.6 Å². The minimum atomic E-state index is -0.727. The van der Waals surface area contributed by atoms with Gasteiger partial charge in [-0.05, 0) is 12.1 Å². The molecule has 0 bridgehead atoms. The third kappa shape index (κ3) is 3.69. The largest absolute Gasteiger partial charge is 0.490 e. The first-order chi connectivity index (χ1) is 12.6. The van der Waals surface area contributed by atoms with E-state index in [4.69, 9.17) is 13.9 Å². The highest BCUT2D eigenvalue weighted by atomic mass is 16.6. The van der Waals surface area contributed by atoms with E-state index < -0.39 is 10.9 Å². The molecule has 0 saturated heterocycles. The Labute approximate surface area is 148 Å². The highest BCUT2D eigenvalue weighted by molar-refractivity contribution is 5.90. The number of methoxy groups -OCH3 is 1. The molecule has 1 aromatic heterocycles. The second-order valence-corrected chi connectivity index (χ2v) is 5.20. The maximum atomic E-state index is 12.1. The summed E-state index contributed by atoms with van der Waals surface area (Å²) in [5.41, 5.74) is 0.570. The molecule has 3 rings (SSSR count). The van der Waals surface area contributed by atoms with Crippen molar-refractivity contribution in [3.63, 3.8) is 0 Å². The molecule has 26 heavy (non-hydrogen) atoms. The zero-order valence-electron chi connectivity index (χ0n) is 13.7. The predicted octanol–water partition coefficient (Wildman–Crippen LogP) is 3.62. The molecule has 0 fully saturated rings. The van der Waals surface area contributed by atoms with E-state index in [1.54, 1.807) is 0 Å². The molecule has 1 heterocycles. The SMILES string of the molecule is COc1ccc(C(=O)OCc2ncc(-c3ccccc3)o2)cc1[N+](=O)[O-]. The van der Waals surface area contributed by atoms with Crippen LogP contribution in [0.4, 0.5) is 5.69 Å². The highest BCUT2D eigenvalue weighted by Gasteiger charge is 2.19. The molecule has 0 radical (unpaired) electrons. The quantitative estimate of drug-likeness (QED) is 0.378. The smallest absolute Gasteiger partial charge is 0.338 e. The van der Waals surface area contributed by atoms with Gasteiger partial charge in [0.05, 0.1) is 23.8 Å². The molecule has 0 unspecified atom stereocenters. The van der Waals surface area contributed by atoms with E-state index in [0.29, 0.717) is 5.76 Å². The first kappa shape index (κ1) is 17.2. The van der Waals surface area contributed by atoms with Crippen molar-refractivity contribution in [2.24, 2.45) is 0 Å². The van der Waals surface area contributed by atoms with Gasteiger partial charge in [-0.1, -0.05) is 30.3 Å². The van der Waals surface area contributed by atoms with Crippen LogP contribution < -0.4 is 4.74 Å². The number of ether oxygens (including phenoxy) is 2. The van der Waals surface area contributed by atoms with Crippen molar-refractivity contribution in [2.75, 3.05) is 7.11 Å². The molecule has 2 aromatic carbocycles. The number of nitro benzene ring substituents is 1. The van der Waals surface area contributed by atoms with Crippen LogP contribution in [0.1, 0.15) is 16.2 Å². The Balaban J connectivity index is 1.69. The Hall–Kier alpha value is -3.68. The maximum absolute atomic E-state index is 12.1. The predicted molar refractivity (Wildman–Crippen MR) is 90.7 cm³/mol. The van der Waals surface area contributed by atoms with Gasteiger partial charge in [-0.2, -0.15) is 0 Å². The second kappa shape index (κ2) is 7.47. The molecule has 132 valence electrons. The van der Waals surface area contributed by atoms with E-state index in [1.165, 1.54) is 25.4 Å². The van der Waals surface area contributed by atoms with Gasteiger partial charge in [0, 0.05) is 11.6 Å². The van der Waals surface area contributed by atoms with Crippen LogP contribution in [0, 0.1) is 10.1 Å². The summed E-state index contributed by atoms with van der Waals surface area (Å²) < 4.78 is 15.5. The molecule has 3 aromatic rings. The van der Waals surface area contributed by atoms with Crippen LogP contribution in [0.15, 0.2) is 59.1 Å². The summed E-state index contributed by atoms with van der Waals surface area (Å²) in [6.45, 7) is -0.189. The van der Waals surface area contributed by atoms with Crippen LogP contribution in [-0.4, -0.2) is 23.0 Å². The monoisotopic (exact) mass is 354 g/mol. The average molecular weight is 354 g/mol. The number of nitrogens with zero attached hydrogens (tertiary/aromatic N) is 2. The second-order valence-electron chi connectivity index (χ2n) is 5.20. The maximum Gasteiger partial charge on any atom is 0.338 e. The summed E-state index contributed by atoms with van der Waals surface area (Å²) in [6.07, 6.45) is 1.54. The number of oxazole rings is 1. The first-order valence-corrected chi connectivity index (χ1v) is 7.58. The summed E-state index contributed by atoms with van der Waals surface area (Å²) in [5, 5.41) is 11.0. The number of hydrogen-bond acceptors (Lipinski definition) is 7. The van der Waals surface area contributed by atoms with Crippen LogP contribution in [0.5, 0.6) is 5.75 Å². The van der Waals surface area contributed by atoms with E-state index in [9.17, 15) is 14.9 Å². The van der Waals surface area contributed by atoms with Gasteiger partial charge in [0.2, 0.25) is 5.89 Å². The average Bonchev–Trinajstić information content (AvgIpc) is 3.15. The normalized spacial score (nSPS) is 10.3. The van der Waals surface area contributed by atoms with Gasteiger partial charge >= 0.3 is 11.7 Å². The van der Waals surface area contributed by atoms with Crippen LogP contribution in [0.3, 0.4) is 0 Å². The van der Waals surface area contributed by atoms with Gasteiger partial charge in [0.1, 0.15) is 0 Å². The number of esters is 1. The fourth-order valence-electron chi connectivity index (χ4n) is 2.28. The van der Waals surface area contributed by atoms with Crippen molar-refractivity contribution in [1.29, 1.82) is 0 Å². The van der Waals surface area contributed by atoms with E-state index in [1.807, 2.05) is 30.3 Å². The van der Waals surface area contributed by atoms with Crippen LogP contribution in [-0.2, 0) is 11.3 Å². The molecule has 0 amide bonds. The van der Waals surface area contributed by atoms with Crippen molar-refractivity contribution in [3.05, 3.63) is 76.3 Å². The van der Waals surface area contributed by atoms with Crippen molar-refractivity contribution >= 4 is 11.7 Å². The molecule has 0 spiro atoms. The third-order valence-electron chi connectivity index (χ3n) is 3.55. The molecular weight excluding hydrogens is 340 g/mol. The first-order valence-electron chi connectivity index (χ1n) is 7.58. The number of carbonyl (C=O) groups is 1. The zero-order chi connectivity index (χ0) is 18.5. The molecule has 0 N–H and O–H groups in total. The fraction of sp³-hybridized carbons (Fsp3) is 0.111. The molecule has 0 atom stereocenters.